The number of carbonyl (C=O) groups is 2. The number of amides is 1. The highest BCUT2D eigenvalue weighted by molar-refractivity contribution is 7.92. The summed E-state index contributed by atoms with van der Waals surface area (Å²) in [6.45, 7) is -0.0877. The second kappa shape index (κ2) is 9.62. The molecule has 34 heavy (non-hydrogen) atoms. The zero-order valence-electron chi connectivity index (χ0n) is 18.4. The first kappa shape index (κ1) is 23.4. The summed E-state index contributed by atoms with van der Waals surface area (Å²) in [5.74, 6) is -1.01. The number of thiazole rings is 1. The van der Waals surface area contributed by atoms with E-state index in [2.05, 4.69) is 4.99 Å². The molecule has 0 saturated carbocycles. The van der Waals surface area contributed by atoms with Gasteiger partial charge in [-0.25, -0.2) is 8.42 Å². The third-order valence-corrected chi connectivity index (χ3v) is 8.04. The Labute approximate surface area is 200 Å². The largest absolute Gasteiger partial charge is 0.468 e. The molecule has 0 aliphatic carbocycles. The number of sulfonamides is 1. The Morgan fingerprint density at radius 2 is 1.62 bits per heavy atom. The van der Waals surface area contributed by atoms with Crippen LogP contribution in [0.2, 0.25) is 0 Å². The minimum atomic E-state index is -3.80. The van der Waals surface area contributed by atoms with Crippen LogP contribution in [-0.4, -0.2) is 39.0 Å². The van der Waals surface area contributed by atoms with Gasteiger partial charge >= 0.3 is 5.97 Å². The molecule has 4 rings (SSSR count). The van der Waals surface area contributed by atoms with Crippen LogP contribution in [-0.2, 0) is 26.1 Å². The number of para-hydroxylation sites is 2. The molecule has 10 heteroatoms. The predicted octanol–water partition coefficient (Wildman–Crippen LogP) is 3.44. The molecular weight excluding hydrogens is 474 g/mol. The molecule has 0 radical (unpaired) electrons. The molecule has 0 saturated heterocycles. The minimum absolute atomic E-state index is 0.0537. The third-order valence-electron chi connectivity index (χ3n) is 5.18. The summed E-state index contributed by atoms with van der Waals surface area (Å²) in [6.07, 6.45) is 0. The first-order valence-corrected chi connectivity index (χ1v) is 12.4. The Hall–Kier alpha value is -3.76. The van der Waals surface area contributed by atoms with Crippen LogP contribution in [0.3, 0.4) is 0 Å². The molecule has 0 spiro atoms. The third kappa shape index (κ3) is 4.63. The number of carbonyl (C=O) groups excluding carboxylic acids is 2. The lowest BCUT2D eigenvalue weighted by Crippen LogP contribution is -2.26. The van der Waals surface area contributed by atoms with Crippen LogP contribution >= 0.6 is 11.3 Å². The maximum Gasteiger partial charge on any atom is 0.325 e. The van der Waals surface area contributed by atoms with Crippen LogP contribution in [0.4, 0.5) is 5.69 Å². The summed E-state index contributed by atoms with van der Waals surface area (Å²) in [4.78, 5) is 29.4. The summed E-state index contributed by atoms with van der Waals surface area (Å²) in [7, 11) is -1.03. The predicted molar refractivity (Wildman–Crippen MR) is 130 cm³/mol. The molecule has 3 aromatic carbocycles. The van der Waals surface area contributed by atoms with Crippen molar-refractivity contribution in [1.82, 2.24) is 4.57 Å². The van der Waals surface area contributed by atoms with Gasteiger partial charge in [-0.15, -0.1) is 0 Å². The zero-order chi connectivity index (χ0) is 24.3. The summed E-state index contributed by atoms with van der Waals surface area (Å²) in [5, 5.41) is 0. The van der Waals surface area contributed by atoms with Crippen molar-refractivity contribution in [3.8, 4) is 0 Å². The highest BCUT2D eigenvalue weighted by Gasteiger charge is 2.21. The van der Waals surface area contributed by atoms with Crippen LogP contribution in [0.5, 0.6) is 0 Å². The molecule has 0 fully saturated rings. The second-order valence-corrected chi connectivity index (χ2v) is 10.2. The number of benzene rings is 3. The molecule has 1 heterocycles. The molecule has 0 bridgehead atoms. The van der Waals surface area contributed by atoms with E-state index in [4.69, 9.17) is 4.74 Å². The van der Waals surface area contributed by atoms with E-state index < -0.39 is 21.9 Å². The molecule has 1 amide bonds. The number of anilines is 1. The van der Waals surface area contributed by atoms with E-state index in [1.54, 1.807) is 34.9 Å². The van der Waals surface area contributed by atoms with Gasteiger partial charge < -0.3 is 9.30 Å². The van der Waals surface area contributed by atoms with E-state index in [1.807, 2.05) is 24.3 Å². The lowest BCUT2D eigenvalue weighted by atomic mass is 10.2. The van der Waals surface area contributed by atoms with Gasteiger partial charge in [-0.3, -0.25) is 13.9 Å². The summed E-state index contributed by atoms with van der Waals surface area (Å²) < 4.78 is 34.3. The fourth-order valence-electron chi connectivity index (χ4n) is 3.31. The highest BCUT2D eigenvalue weighted by Crippen LogP contribution is 2.22. The first-order chi connectivity index (χ1) is 16.3. The van der Waals surface area contributed by atoms with Gasteiger partial charge in [0.05, 0.1) is 27.9 Å². The van der Waals surface area contributed by atoms with Gasteiger partial charge in [-0.1, -0.05) is 41.7 Å². The highest BCUT2D eigenvalue weighted by atomic mass is 32.2. The fraction of sp³-hybridized carbons (Fsp3) is 0.125. The number of rotatable bonds is 6. The number of hydrogen-bond acceptors (Lipinski definition) is 6. The molecule has 0 aliphatic rings. The van der Waals surface area contributed by atoms with Gasteiger partial charge in [-0.05, 0) is 48.5 Å². The lowest BCUT2D eigenvalue weighted by molar-refractivity contribution is -0.141. The fourth-order valence-corrected chi connectivity index (χ4v) is 5.53. The standard InChI is InChI=1S/C24H21N3O5S2/c1-26(18-8-4-3-5-9-18)34(30,31)19-14-12-17(13-15-19)23(29)25-24-27(16-22(28)32-2)20-10-6-7-11-21(20)33-24/h3-15H,16H2,1-2H3. The zero-order valence-corrected chi connectivity index (χ0v) is 20.0. The topological polar surface area (TPSA) is 98.0 Å². The van der Waals surface area contributed by atoms with Gasteiger partial charge in [0.1, 0.15) is 6.54 Å². The minimum Gasteiger partial charge on any atom is -0.468 e. The van der Waals surface area contributed by atoms with Crippen LogP contribution in [0.15, 0.2) is 88.8 Å². The number of nitrogens with zero attached hydrogens (tertiary/aromatic N) is 3. The van der Waals surface area contributed by atoms with Crippen molar-refractivity contribution >= 4 is 49.1 Å². The van der Waals surface area contributed by atoms with Crippen LogP contribution in [0.1, 0.15) is 10.4 Å². The van der Waals surface area contributed by atoms with Crippen molar-refractivity contribution in [3.63, 3.8) is 0 Å². The van der Waals surface area contributed by atoms with Crippen molar-refractivity contribution in [3.05, 3.63) is 89.2 Å². The number of ether oxygens (including phenoxy) is 1. The molecule has 8 nitrogen and oxygen atoms in total. The van der Waals surface area contributed by atoms with Crippen molar-refractivity contribution in [2.45, 2.75) is 11.4 Å². The Morgan fingerprint density at radius 3 is 2.29 bits per heavy atom. The van der Waals surface area contributed by atoms with E-state index >= 15 is 0 Å². The average Bonchev–Trinajstić information content (AvgIpc) is 3.20. The lowest BCUT2D eigenvalue weighted by Gasteiger charge is -2.19. The molecular formula is C24H21N3O5S2. The van der Waals surface area contributed by atoms with Gasteiger partial charge in [0.2, 0.25) is 0 Å². The number of methoxy groups -OCH3 is 1. The van der Waals surface area contributed by atoms with E-state index in [-0.39, 0.29) is 17.0 Å². The molecule has 1 aromatic heterocycles. The van der Waals surface area contributed by atoms with Gasteiger partial charge in [0.25, 0.3) is 15.9 Å². The molecule has 0 N–H and O–H groups in total. The van der Waals surface area contributed by atoms with Crippen molar-refractivity contribution < 1.29 is 22.7 Å². The van der Waals surface area contributed by atoms with E-state index in [9.17, 15) is 18.0 Å². The quantitative estimate of drug-likeness (QED) is 0.382. The number of esters is 1. The molecule has 0 unspecified atom stereocenters. The number of aromatic nitrogens is 1. The van der Waals surface area contributed by atoms with E-state index in [1.165, 1.54) is 54.1 Å². The molecule has 174 valence electrons. The monoisotopic (exact) mass is 495 g/mol. The van der Waals surface area contributed by atoms with Crippen LogP contribution in [0.25, 0.3) is 10.2 Å². The Kier molecular flexibility index (Phi) is 6.62. The van der Waals surface area contributed by atoms with Crippen molar-refractivity contribution in [1.29, 1.82) is 0 Å². The number of fused-ring (bicyclic) bond motifs is 1. The van der Waals surface area contributed by atoms with E-state index in [0.29, 0.717) is 10.5 Å². The SMILES string of the molecule is COC(=O)Cn1c(=NC(=O)c2ccc(S(=O)(=O)N(C)c3ccccc3)cc2)sc2ccccc21. The normalized spacial score (nSPS) is 12.0. The van der Waals surface area contributed by atoms with Gasteiger partial charge in [0.15, 0.2) is 4.80 Å². The summed E-state index contributed by atoms with van der Waals surface area (Å²) >= 11 is 1.27. The Morgan fingerprint density at radius 1 is 0.971 bits per heavy atom. The van der Waals surface area contributed by atoms with Crippen LogP contribution in [0, 0.1) is 0 Å². The van der Waals surface area contributed by atoms with Crippen molar-refractivity contribution in [2.75, 3.05) is 18.5 Å². The summed E-state index contributed by atoms with van der Waals surface area (Å²) in [6, 6.07) is 21.7. The Bertz CT molecular complexity index is 1520. The Balaban J connectivity index is 1.66. The molecule has 4 aromatic rings. The smallest absolute Gasteiger partial charge is 0.325 e. The second-order valence-electron chi connectivity index (χ2n) is 7.26. The molecule has 0 aliphatic heterocycles. The maximum atomic E-state index is 13.0. The maximum absolute atomic E-state index is 13.0. The van der Waals surface area contributed by atoms with Crippen LogP contribution < -0.4 is 9.11 Å². The number of hydrogen-bond donors (Lipinski definition) is 0. The van der Waals surface area contributed by atoms with Crippen molar-refractivity contribution in [2.24, 2.45) is 4.99 Å². The average molecular weight is 496 g/mol. The van der Waals surface area contributed by atoms with Gasteiger partial charge in [-0.2, -0.15) is 4.99 Å². The first-order valence-electron chi connectivity index (χ1n) is 10.2. The summed E-state index contributed by atoms with van der Waals surface area (Å²) in [5.41, 5.74) is 1.51. The van der Waals surface area contributed by atoms with E-state index in [0.717, 1.165) is 10.2 Å². The van der Waals surface area contributed by atoms with Gasteiger partial charge in [0, 0.05) is 12.6 Å². The molecule has 0 atom stereocenters.